The molecule has 0 aliphatic heterocycles. The minimum absolute atomic E-state index is 0.0629. The van der Waals surface area contributed by atoms with Crippen LogP contribution in [-0.4, -0.2) is 37.2 Å². The highest BCUT2D eigenvalue weighted by Gasteiger charge is 2.39. The summed E-state index contributed by atoms with van der Waals surface area (Å²) in [6.45, 7) is 29.4. The van der Waals surface area contributed by atoms with Crippen LogP contribution < -0.4 is 0 Å². The maximum Gasteiger partial charge on any atom is 0.312 e. The molecule has 0 saturated heterocycles. The lowest BCUT2D eigenvalue weighted by molar-refractivity contribution is -0.179. The molecule has 0 aliphatic rings. The first-order valence-electron chi connectivity index (χ1n) is 14.5. The van der Waals surface area contributed by atoms with Crippen molar-refractivity contribution in [2.45, 2.75) is 136 Å². The molecule has 0 aliphatic carbocycles. The van der Waals surface area contributed by atoms with Crippen LogP contribution in [0.4, 0.5) is 0 Å². The Balaban J connectivity index is 5.68. The van der Waals surface area contributed by atoms with Gasteiger partial charge in [-0.1, -0.05) is 74.5 Å². The highest BCUT2D eigenvalue weighted by molar-refractivity contribution is 5.77. The summed E-state index contributed by atoms with van der Waals surface area (Å²) < 4.78 is 17.2. The van der Waals surface area contributed by atoms with Gasteiger partial charge in [0.25, 0.3) is 0 Å². The Bertz CT molecular complexity index is 846. The molecule has 1 unspecified atom stereocenters. The lowest BCUT2D eigenvalue weighted by atomic mass is 9.75. The summed E-state index contributed by atoms with van der Waals surface area (Å²) >= 11 is 0. The largest absolute Gasteiger partial charge is 0.461 e. The minimum atomic E-state index is -0.904. The van der Waals surface area contributed by atoms with Gasteiger partial charge in [0, 0.05) is 0 Å². The summed E-state index contributed by atoms with van der Waals surface area (Å²) in [5.74, 6) is -1.16. The number of rotatable bonds is 14. The molecule has 39 heavy (non-hydrogen) atoms. The Kier molecular flexibility index (Phi) is 13.0. The van der Waals surface area contributed by atoms with E-state index < -0.39 is 28.3 Å². The van der Waals surface area contributed by atoms with E-state index in [9.17, 15) is 14.4 Å². The Morgan fingerprint density at radius 1 is 0.590 bits per heavy atom. The molecule has 0 rings (SSSR count). The number of ether oxygens (including phenoxy) is 3. The van der Waals surface area contributed by atoms with Crippen molar-refractivity contribution in [3.8, 4) is 0 Å². The van der Waals surface area contributed by atoms with Gasteiger partial charge in [-0.15, -0.1) is 0 Å². The molecule has 0 radical (unpaired) electrons. The van der Waals surface area contributed by atoms with E-state index in [2.05, 4.69) is 74.5 Å². The van der Waals surface area contributed by atoms with Crippen LogP contribution in [-0.2, 0) is 28.6 Å². The quantitative estimate of drug-likeness (QED) is 0.122. The lowest BCUT2D eigenvalue weighted by Crippen LogP contribution is -2.40. The van der Waals surface area contributed by atoms with Crippen LogP contribution in [0, 0.1) is 32.5 Å². The maximum absolute atomic E-state index is 13.2. The standard InChI is InChI=1S/C33H60O6/c1-16-17-18-30(8,9)23-33(14,15)26(35)38-20-24(39-27(36)32(12,13)22-29(5,6)7)19-37-25(34)31(10,11)21-28(2,3)4/h17-18,24H,16,19-23H2,1-15H3/b18-17+. The SMILES string of the molecule is CC/C=C/C(C)(C)CC(C)(C)C(=O)OCC(COC(=O)C(C)(C)CC(C)(C)C)OC(=O)C(C)(C)CC(C)(C)C. The second-order valence-electron chi connectivity index (χ2n) is 16.3. The van der Waals surface area contributed by atoms with Gasteiger partial charge < -0.3 is 14.2 Å². The van der Waals surface area contributed by atoms with Crippen molar-refractivity contribution in [1.82, 2.24) is 0 Å². The van der Waals surface area contributed by atoms with E-state index in [1.165, 1.54) is 0 Å². The first kappa shape index (κ1) is 37.1. The molecule has 1 atom stereocenters. The van der Waals surface area contributed by atoms with Crippen LogP contribution >= 0.6 is 0 Å². The third-order valence-corrected chi connectivity index (χ3v) is 6.38. The molecule has 6 nitrogen and oxygen atoms in total. The van der Waals surface area contributed by atoms with Gasteiger partial charge in [0.05, 0.1) is 16.2 Å². The average Bonchev–Trinajstić information content (AvgIpc) is 2.69. The molecule has 0 heterocycles. The van der Waals surface area contributed by atoms with E-state index in [-0.39, 0.29) is 41.4 Å². The summed E-state index contributed by atoms with van der Waals surface area (Å²) in [5, 5.41) is 0. The molecule has 228 valence electrons. The monoisotopic (exact) mass is 552 g/mol. The lowest BCUT2D eigenvalue weighted by Gasteiger charge is -2.34. The van der Waals surface area contributed by atoms with Crippen molar-refractivity contribution in [2.24, 2.45) is 32.5 Å². The van der Waals surface area contributed by atoms with E-state index in [1.54, 1.807) is 0 Å². The molecule has 6 heteroatoms. The van der Waals surface area contributed by atoms with Crippen LogP contribution in [0.5, 0.6) is 0 Å². The number of hydrogen-bond donors (Lipinski definition) is 0. The van der Waals surface area contributed by atoms with Crippen molar-refractivity contribution >= 4 is 17.9 Å². The normalized spacial score (nSPS) is 14.7. The number of hydrogen-bond acceptors (Lipinski definition) is 6. The van der Waals surface area contributed by atoms with Crippen molar-refractivity contribution in [1.29, 1.82) is 0 Å². The van der Waals surface area contributed by atoms with Gasteiger partial charge in [-0.2, -0.15) is 0 Å². The molecule has 0 fully saturated rings. The molecule has 0 aromatic heterocycles. The molecule has 0 N–H and O–H groups in total. The van der Waals surface area contributed by atoms with Gasteiger partial charge in [0.15, 0.2) is 6.10 Å². The summed E-state index contributed by atoms with van der Waals surface area (Å²) in [5.41, 5.74) is -2.56. The van der Waals surface area contributed by atoms with E-state index in [4.69, 9.17) is 14.2 Å². The van der Waals surface area contributed by atoms with Crippen molar-refractivity contribution < 1.29 is 28.6 Å². The van der Waals surface area contributed by atoms with Crippen LogP contribution in [0.15, 0.2) is 12.2 Å². The third-order valence-electron chi connectivity index (χ3n) is 6.38. The number of carbonyl (C=O) groups excluding carboxylic acids is 3. The van der Waals surface area contributed by atoms with Crippen LogP contribution in [0.1, 0.15) is 130 Å². The first-order chi connectivity index (χ1) is 17.2. The summed E-state index contributed by atoms with van der Waals surface area (Å²) in [4.78, 5) is 39.3. The predicted octanol–water partition coefficient (Wildman–Crippen LogP) is 8.32. The summed E-state index contributed by atoms with van der Waals surface area (Å²) in [7, 11) is 0. The van der Waals surface area contributed by atoms with E-state index in [1.807, 2.05) is 41.5 Å². The van der Waals surface area contributed by atoms with Gasteiger partial charge in [0.2, 0.25) is 0 Å². The fourth-order valence-corrected chi connectivity index (χ4v) is 5.66. The zero-order valence-corrected chi connectivity index (χ0v) is 27.9. The van der Waals surface area contributed by atoms with Gasteiger partial charge in [-0.3, -0.25) is 14.4 Å². The van der Waals surface area contributed by atoms with Gasteiger partial charge in [0.1, 0.15) is 13.2 Å². The first-order valence-corrected chi connectivity index (χ1v) is 14.5. The Morgan fingerprint density at radius 2 is 0.949 bits per heavy atom. The number of carbonyl (C=O) groups is 3. The molecule has 0 saturated carbocycles. The smallest absolute Gasteiger partial charge is 0.312 e. The Morgan fingerprint density at radius 3 is 1.31 bits per heavy atom. The minimum Gasteiger partial charge on any atom is -0.461 e. The van der Waals surface area contributed by atoms with E-state index >= 15 is 0 Å². The molecule has 0 aromatic rings. The summed E-state index contributed by atoms with van der Waals surface area (Å²) in [6, 6.07) is 0. The van der Waals surface area contributed by atoms with E-state index in [0.29, 0.717) is 19.3 Å². The molecule has 0 bridgehead atoms. The maximum atomic E-state index is 13.2. The van der Waals surface area contributed by atoms with Crippen LogP contribution in [0.2, 0.25) is 0 Å². The van der Waals surface area contributed by atoms with Gasteiger partial charge >= 0.3 is 17.9 Å². The van der Waals surface area contributed by atoms with Crippen LogP contribution in [0.3, 0.4) is 0 Å². The average molecular weight is 553 g/mol. The number of esters is 3. The molecular weight excluding hydrogens is 492 g/mol. The third kappa shape index (κ3) is 14.9. The van der Waals surface area contributed by atoms with Crippen LogP contribution in [0.25, 0.3) is 0 Å². The fraction of sp³-hybridized carbons (Fsp3) is 0.848. The molecule has 0 amide bonds. The summed E-state index contributed by atoms with van der Waals surface area (Å²) in [6.07, 6.45) is 6.09. The predicted molar refractivity (Wildman–Crippen MR) is 159 cm³/mol. The number of allylic oxidation sites excluding steroid dienone is 2. The fourth-order valence-electron chi connectivity index (χ4n) is 5.66. The Hall–Kier alpha value is -1.85. The van der Waals surface area contributed by atoms with Gasteiger partial charge in [-0.05, 0) is 83.5 Å². The second kappa shape index (κ2) is 13.7. The van der Waals surface area contributed by atoms with Crippen molar-refractivity contribution in [3.63, 3.8) is 0 Å². The van der Waals surface area contributed by atoms with Crippen molar-refractivity contribution in [3.05, 3.63) is 12.2 Å². The van der Waals surface area contributed by atoms with Gasteiger partial charge in [-0.25, -0.2) is 0 Å². The molecular formula is C33H60O6. The van der Waals surface area contributed by atoms with Crippen molar-refractivity contribution in [2.75, 3.05) is 13.2 Å². The highest BCUT2D eigenvalue weighted by Crippen LogP contribution is 2.37. The highest BCUT2D eigenvalue weighted by atomic mass is 16.6. The zero-order chi connectivity index (χ0) is 31.1. The second-order valence-corrected chi connectivity index (χ2v) is 16.3. The topological polar surface area (TPSA) is 78.9 Å². The van der Waals surface area contributed by atoms with E-state index in [0.717, 1.165) is 6.42 Å². The molecule has 0 spiro atoms. The Labute approximate surface area is 240 Å². The molecule has 0 aromatic carbocycles. The zero-order valence-electron chi connectivity index (χ0n) is 27.9.